The third kappa shape index (κ3) is 4.04. The maximum absolute atomic E-state index is 12.6. The quantitative estimate of drug-likeness (QED) is 0.538. The summed E-state index contributed by atoms with van der Waals surface area (Å²) in [5, 5.41) is 0. The molecule has 0 fully saturated rings. The van der Waals surface area contributed by atoms with Gasteiger partial charge < -0.3 is 4.90 Å². The van der Waals surface area contributed by atoms with Crippen molar-refractivity contribution >= 4 is 17.4 Å². The molecule has 1 aromatic heterocycles. The molecule has 0 spiro atoms. The van der Waals surface area contributed by atoms with Crippen LogP contribution in [0.4, 0.5) is 5.69 Å². The first-order chi connectivity index (χ1) is 14.6. The molecule has 1 aliphatic heterocycles. The van der Waals surface area contributed by atoms with Crippen LogP contribution < -0.4 is 4.90 Å². The molecule has 1 aliphatic rings. The van der Waals surface area contributed by atoms with E-state index in [9.17, 15) is 9.59 Å². The molecule has 0 saturated heterocycles. The summed E-state index contributed by atoms with van der Waals surface area (Å²) in [6.07, 6.45) is 6.14. The molecule has 0 bridgehead atoms. The summed E-state index contributed by atoms with van der Waals surface area (Å²) in [4.78, 5) is 30.7. The van der Waals surface area contributed by atoms with Crippen LogP contribution in [0.5, 0.6) is 0 Å². The van der Waals surface area contributed by atoms with Crippen molar-refractivity contribution in [3.8, 4) is 11.1 Å². The lowest BCUT2D eigenvalue weighted by Gasteiger charge is -2.18. The minimum absolute atomic E-state index is 0.143. The number of aryl methyl sites for hydroxylation is 2. The van der Waals surface area contributed by atoms with Crippen molar-refractivity contribution in [2.45, 2.75) is 39.5 Å². The van der Waals surface area contributed by atoms with E-state index < -0.39 is 0 Å². The Hall–Kier alpha value is -3.27. The number of benzene rings is 2. The van der Waals surface area contributed by atoms with Crippen molar-refractivity contribution in [1.82, 2.24) is 4.98 Å². The second-order valence-electron chi connectivity index (χ2n) is 7.81. The van der Waals surface area contributed by atoms with E-state index in [1.54, 1.807) is 6.20 Å². The number of hydrogen-bond donors (Lipinski definition) is 0. The molecular weight excluding hydrogens is 372 g/mol. The number of ketones is 1. The summed E-state index contributed by atoms with van der Waals surface area (Å²) < 4.78 is 0. The average molecular weight is 399 g/mol. The normalized spacial score (nSPS) is 12.7. The molecule has 1 amide bonds. The summed E-state index contributed by atoms with van der Waals surface area (Å²) in [6.45, 7) is 4.74. The second-order valence-corrected chi connectivity index (χ2v) is 7.81. The van der Waals surface area contributed by atoms with E-state index in [-0.39, 0.29) is 11.7 Å². The number of Topliss-reactive ketones (excluding diaryl/α,β-unsaturated/α-hetero) is 1. The monoisotopic (exact) mass is 398 g/mol. The van der Waals surface area contributed by atoms with E-state index in [0.29, 0.717) is 19.3 Å². The summed E-state index contributed by atoms with van der Waals surface area (Å²) in [7, 11) is 0. The molecule has 0 radical (unpaired) electrons. The summed E-state index contributed by atoms with van der Waals surface area (Å²) in [6, 6.07) is 16.1. The Kier molecular flexibility index (Phi) is 5.75. The number of fused-ring (bicyclic) bond motifs is 1. The first-order valence-electron chi connectivity index (χ1n) is 10.5. The fourth-order valence-electron chi connectivity index (χ4n) is 4.09. The Labute approximate surface area is 177 Å². The van der Waals surface area contributed by atoms with Crippen LogP contribution in [0, 0.1) is 6.92 Å². The van der Waals surface area contributed by atoms with Crippen LogP contribution in [-0.2, 0) is 17.6 Å². The Morgan fingerprint density at radius 1 is 1.10 bits per heavy atom. The Bertz CT molecular complexity index is 1070. The van der Waals surface area contributed by atoms with Crippen molar-refractivity contribution in [3.05, 3.63) is 83.2 Å². The fraction of sp³-hybridized carbons (Fsp3) is 0.269. The molecule has 0 saturated carbocycles. The summed E-state index contributed by atoms with van der Waals surface area (Å²) >= 11 is 0. The van der Waals surface area contributed by atoms with E-state index in [1.165, 1.54) is 5.56 Å². The lowest BCUT2D eigenvalue weighted by atomic mass is 9.95. The highest BCUT2D eigenvalue weighted by Gasteiger charge is 2.24. The van der Waals surface area contributed by atoms with Gasteiger partial charge in [-0.05, 0) is 65.8 Å². The number of hydrogen-bond acceptors (Lipinski definition) is 3. The third-order valence-corrected chi connectivity index (χ3v) is 5.81. The van der Waals surface area contributed by atoms with Crippen LogP contribution in [0.3, 0.4) is 0 Å². The SMILES string of the molecule is CCC(=O)N1CCc2cc(-c3ccc(C(=O)CCc4cccnc4)cc3)c(C)cc21. The van der Waals surface area contributed by atoms with Gasteiger partial charge in [-0.2, -0.15) is 0 Å². The Morgan fingerprint density at radius 3 is 2.60 bits per heavy atom. The molecule has 4 rings (SSSR count). The first-order valence-corrected chi connectivity index (χ1v) is 10.5. The van der Waals surface area contributed by atoms with Crippen LogP contribution in [0.25, 0.3) is 11.1 Å². The second kappa shape index (κ2) is 8.62. The van der Waals surface area contributed by atoms with Crippen molar-refractivity contribution in [2.75, 3.05) is 11.4 Å². The van der Waals surface area contributed by atoms with Crippen molar-refractivity contribution in [1.29, 1.82) is 0 Å². The molecule has 4 nitrogen and oxygen atoms in total. The molecule has 3 aromatic rings. The number of carbonyl (C=O) groups excluding carboxylic acids is 2. The van der Waals surface area contributed by atoms with Crippen molar-refractivity contribution < 1.29 is 9.59 Å². The van der Waals surface area contributed by atoms with E-state index in [0.717, 1.165) is 46.5 Å². The van der Waals surface area contributed by atoms with E-state index in [2.05, 4.69) is 24.0 Å². The zero-order valence-corrected chi connectivity index (χ0v) is 17.5. The van der Waals surface area contributed by atoms with Gasteiger partial charge in [0.25, 0.3) is 0 Å². The van der Waals surface area contributed by atoms with Gasteiger partial charge in [0.15, 0.2) is 5.78 Å². The van der Waals surface area contributed by atoms with Crippen molar-refractivity contribution in [2.24, 2.45) is 0 Å². The standard InChI is InChI=1S/C26H26N2O2/c1-3-26(30)28-14-12-22-16-23(18(2)15-24(22)28)20-7-9-21(10-8-20)25(29)11-6-19-5-4-13-27-17-19/h4-5,7-10,13,15-17H,3,6,11-12,14H2,1-2H3. The first kappa shape index (κ1) is 20.0. The zero-order valence-electron chi connectivity index (χ0n) is 17.5. The molecule has 0 atom stereocenters. The minimum Gasteiger partial charge on any atom is -0.312 e. The van der Waals surface area contributed by atoms with Crippen molar-refractivity contribution in [3.63, 3.8) is 0 Å². The van der Waals surface area contributed by atoms with Gasteiger partial charge in [-0.1, -0.05) is 37.3 Å². The number of anilines is 1. The Morgan fingerprint density at radius 2 is 1.90 bits per heavy atom. The summed E-state index contributed by atoms with van der Waals surface area (Å²) in [5.74, 6) is 0.319. The molecule has 0 aliphatic carbocycles. The molecule has 0 N–H and O–H groups in total. The molecule has 4 heteroatoms. The van der Waals surface area contributed by atoms with Crippen LogP contribution in [-0.4, -0.2) is 23.2 Å². The van der Waals surface area contributed by atoms with Gasteiger partial charge in [0.2, 0.25) is 5.91 Å². The van der Waals surface area contributed by atoms with Gasteiger partial charge in [-0.3, -0.25) is 14.6 Å². The maximum atomic E-state index is 12.6. The predicted molar refractivity (Wildman–Crippen MR) is 120 cm³/mol. The number of rotatable bonds is 6. The zero-order chi connectivity index (χ0) is 21.1. The van der Waals surface area contributed by atoms with Crippen LogP contribution in [0.2, 0.25) is 0 Å². The van der Waals surface area contributed by atoms with E-state index >= 15 is 0 Å². The lowest BCUT2D eigenvalue weighted by molar-refractivity contribution is -0.118. The molecule has 152 valence electrons. The highest BCUT2D eigenvalue weighted by molar-refractivity contribution is 5.97. The topological polar surface area (TPSA) is 50.3 Å². The molecule has 30 heavy (non-hydrogen) atoms. The fourth-order valence-corrected chi connectivity index (χ4v) is 4.09. The van der Waals surface area contributed by atoms with Gasteiger partial charge >= 0.3 is 0 Å². The molecular formula is C26H26N2O2. The van der Waals surface area contributed by atoms with Crippen LogP contribution >= 0.6 is 0 Å². The number of nitrogens with zero attached hydrogens (tertiary/aromatic N) is 2. The predicted octanol–water partition coefficient (Wildman–Crippen LogP) is 5.17. The Balaban J connectivity index is 1.50. The highest BCUT2D eigenvalue weighted by atomic mass is 16.2. The van der Waals surface area contributed by atoms with Gasteiger partial charge in [0.05, 0.1) is 0 Å². The highest BCUT2D eigenvalue weighted by Crippen LogP contribution is 2.35. The smallest absolute Gasteiger partial charge is 0.226 e. The average Bonchev–Trinajstić information content (AvgIpc) is 3.20. The largest absolute Gasteiger partial charge is 0.312 e. The van der Waals surface area contributed by atoms with Gasteiger partial charge in [-0.15, -0.1) is 0 Å². The van der Waals surface area contributed by atoms with Gasteiger partial charge in [0, 0.05) is 43.0 Å². The molecule has 2 heterocycles. The minimum atomic E-state index is 0.143. The van der Waals surface area contributed by atoms with Gasteiger partial charge in [0.1, 0.15) is 0 Å². The lowest BCUT2D eigenvalue weighted by Crippen LogP contribution is -2.27. The molecule has 2 aromatic carbocycles. The van der Waals surface area contributed by atoms with E-state index in [4.69, 9.17) is 0 Å². The van der Waals surface area contributed by atoms with Crippen LogP contribution in [0.15, 0.2) is 60.9 Å². The van der Waals surface area contributed by atoms with Gasteiger partial charge in [-0.25, -0.2) is 0 Å². The number of carbonyl (C=O) groups is 2. The molecule has 0 unspecified atom stereocenters. The third-order valence-electron chi connectivity index (χ3n) is 5.81. The number of amides is 1. The number of aromatic nitrogens is 1. The summed E-state index contributed by atoms with van der Waals surface area (Å²) in [5.41, 5.74) is 7.47. The van der Waals surface area contributed by atoms with Crippen LogP contribution in [0.1, 0.15) is 46.8 Å². The van der Waals surface area contributed by atoms with E-state index in [1.807, 2.05) is 54.4 Å². The maximum Gasteiger partial charge on any atom is 0.226 e. The number of pyridine rings is 1.